The third-order valence-electron chi connectivity index (χ3n) is 3.30. The van der Waals surface area contributed by atoms with Gasteiger partial charge >= 0.3 is 6.03 Å². The Morgan fingerprint density at radius 3 is 2.33 bits per heavy atom. The first kappa shape index (κ1) is 12.9. The molecule has 0 aliphatic rings. The van der Waals surface area contributed by atoms with Crippen molar-refractivity contribution in [3.63, 3.8) is 0 Å². The summed E-state index contributed by atoms with van der Waals surface area (Å²) in [5, 5.41) is 10.3. The lowest BCUT2D eigenvalue weighted by atomic mass is 10.0. The van der Waals surface area contributed by atoms with Crippen molar-refractivity contribution in [3.05, 3.63) is 65.7 Å². The molecule has 0 saturated heterocycles. The second kappa shape index (κ2) is 4.79. The normalized spacial score (nSPS) is 10.7. The summed E-state index contributed by atoms with van der Waals surface area (Å²) in [6, 6.07) is 14.4. The van der Waals surface area contributed by atoms with E-state index >= 15 is 0 Å². The minimum Gasteiger partial charge on any atom is -0.494 e. The number of carbonyl (C=O) groups is 2. The first-order chi connectivity index (χ1) is 10.1. The van der Waals surface area contributed by atoms with Crippen molar-refractivity contribution in [2.24, 2.45) is 5.73 Å². The second-order valence-corrected chi connectivity index (χ2v) is 4.64. The molecule has 1 amide bonds. The van der Waals surface area contributed by atoms with E-state index < -0.39 is 6.03 Å². The summed E-state index contributed by atoms with van der Waals surface area (Å²) in [6.07, 6.45) is 0. The van der Waals surface area contributed by atoms with Crippen molar-refractivity contribution in [1.82, 2.24) is 4.57 Å². The van der Waals surface area contributed by atoms with Gasteiger partial charge in [0.25, 0.3) is 0 Å². The lowest BCUT2D eigenvalue weighted by Gasteiger charge is -2.03. The Kier molecular flexibility index (Phi) is 2.95. The first-order valence-corrected chi connectivity index (χ1v) is 6.32. The lowest BCUT2D eigenvalue weighted by Crippen LogP contribution is -2.18. The highest BCUT2D eigenvalue weighted by Gasteiger charge is 2.15. The molecule has 0 fully saturated rings. The van der Waals surface area contributed by atoms with E-state index in [4.69, 9.17) is 5.73 Å². The molecule has 0 saturated carbocycles. The summed E-state index contributed by atoms with van der Waals surface area (Å²) < 4.78 is 0.992. The Morgan fingerprint density at radius 2 is 1.67 bits per heavy atom. The zero-order valence-corrected chi connectivity index (χ0v) is 11.0. The zero-order valence-electron chi connectivity index (χ0n) is 11.0. The van der Waals surface area contributed by atoms with Gasteiger partial charge in [-0.1, -0.05) is 30.3 Å². The summed E-state index contributed by atoms with van der Waals surface area (Å²) in [7, 11) is 0. The van der Waals surface area contributed by atoms with E-state index in [9.17, 15) is 14.7 Å². The van der Waals surface area contributed by atoms with Crippen LogP contribution in [0.2, 0.25) is 0 Å². The SMILES string of the molecule is NC(=O)n1c(O)cc2cc(C(=O)c3ccccc3)ccc21. The molecule has 0 atom stereocenters. The first-order valence-electron chi connectivity index (χ1n) is 6.32. The van der Waals surface area contributed by atoms with Crippen LogP contribution in [0.25, 0.3) is 10.9 Å². The van der Waals surface area contributed by atoms with Gasteiger partial charge in [-0.05, 0) is 18.2 Å². The maximum Gasteiger partial charge on any atom is 0.326 e. The monoisotopic (exact) mass is 280 g/mol. The number of rotatable bonds is 2. The molecule has 5 nitrogen and oxygen atoms in total. The van der Waals surface area contributed by atoms with Gasteiger partial charge in [-0.15, -0.1) is 0 Å². The van der Waals surface area contributed by atoms with Crippen molar-refractivity contribution in [3.8, 4) is 5.88 Å². The third-order valence-corrected chi connectivity index (χ3v) is 3.30. The molecule has 0 aliphatic heterocycles. The van der Waals surface area contributed by atoms with Gasteiger partial charge in [0.2, 0.25) is 0 Å². The van der Waals surface area contributed by atoms with Crippen LogP contribution in [0.5, 0.6) is 5.88 Å². The van der Waals surface area contributed by atoms with Crippen molar-refractivity contribution >= 4 is 22.7 Å². The highest BCUT2D eigenvalue weighted by Crippen LogP contribution is 2.25. The number of amides is 1. The molecular weight excluding hydrogens is 268 g/mol. The number of carbonyl (C=O) groups excluding carboxylic acids is 2. The number of ketones is 1. The number of hydrogen-bond donors (Lipinski definition) is 2. The van der Waals surface area contributed by atoms with Crippen LogP contribution in [0, 0.1) is 0 Å². The van der Waals surface area contributed by atoms with E-state index in [0.717, 1.165) is 4.57 Å². The van der Waals surface area contributed by atoms with Crippen LogP contribution in [0.1, 0.15) is 15.9 Å². The summed E-state index contributed by atoms with van der Waals surface area (Å²) >= 11 is 0. The Hall–Kier alpha value is -3.08. The minimum absolute atomic E-state index is 0.121. The molecule has 0 radical (unpaired) electrons. The smallest absolute Gasteiger partial charge is 0.326 e. The van der Waals surface area contributed by atoms with Crippen LogP contribution < -0.4 is 5.73 Å². The maximum atomic E-state index is 12.4. The van der Waals surface area contributed by atoms with Crippen LogP contribution in [-0.2, 0) is 0 Å². The largest absolute Gasteiger partial charge is 0.494 e. The molecule has 3 rings (SSSR count). The fourth-order valence-corrected chi connectivity index (χ4v) is 2.33. The fraction of sp³-hybridized carbons (Fsp3) is 0. The Labute approximate surface area is 120 Å². The quantitative estimate of drug-likeness (QED) is 0.707. The molecule has 104 valence electrons. The number of nitrogens with zero attached hydrogens (tertiary/aromatic N) is 1. The second-order valence-electron chi connectivity index (χ2n) is 4.64. The average molecular weight is 280 g/mol. The molecule has 1 heterocycles. The number of hydrogen-bond acceptors (Lipinski definition) is 3. The summed E-state index contributed by atoms with van der Waals surface area (Å²) in [5.74, 6) is -0.370. The van der Waals surface area contributed by atoms with E-state index in [1.54, 1.807) is 42.5 Å². The number of benzene rings is 2. The number of aromatic hydroxyl groups is 1. The van der Waals surface area contributed by atoms with Crippen LogP contribution in [0.4, 0.5) is 4.79 Å². The molecule has 1 aromatic heterocycles. The zero-order chi connectivity index (χ0) is 15.0. The van der Waals surface area contributed by atoms with Crippen LogP contribution in [0.3, 0.4) is 0 Å². The minimum atomic E-state index is -0.773. The number of primary amides is 1. The van der Waals surface area contributed by atoms with Crippen LogP contribution >= 0.6 is 0 Å². The highest BCUT2D eigenvalue weighted by atomic mass is 16.3. The van der Waals surface area contributed by atoms with E-state index in [2.05, 4.69) is 0 Å². The Balaban J connectivity index is 2.11. The Bertz CT molecular complexity index is 851. The summed E-state index contributed by atoms with van der Waals surface area (Å²) in [6.45, 7) is 0. The van der Waals surface area contributed by atoms with Crippen molar-refractivity contribution in [1.29, 1.82) is 0 Å². The molecule has 21 heavy (non-hydrogen) atoms. The highest BCUT2D eigenvalue weighted by molar-refractivity contribution is 6.11. The van der Waals surface area contributed by atoms with Gasteiger partial charge < -0.3 is 10.8 Å². The molecule has 0 bridgehead atoms. The average Bonchev–Trinajstić information content (AvgIpc) is 2.82. The third kappa shape index (κ3) is 2.14. The van der Waals surface area contributed by atoms with E-state index in [1.165, 1.54) is 6.07 Å². The molecule has 3 aromatic rings. The molecule has 0 aliphatic carbocycles. The van der Waals surface area contributed by atoms with Crippen molar-refractivity contribution < 1.29 is 14.7 Å². The van der Waals surface area contributed by atoms with Gasteiger partial charge in [0.1, 0.15) is 0 Å². The molecular formula is C16H12N2O3. The number of nitrogens with two attached hydrogens (primary N) is 1. The molecule has 0 unspecified atom stereocenters. The number of aromatic nitrogens is 1. The van der Waals surface area contributed by atoms with Gasteiger partial charge in [-0.25, -0.2) is 9.36 Å². The van der Waals surface area contributed by atoms with Gasteiger partial charge in [-0.3, -0.25) is 4.79 Å². The standard InChI is InChI=1S/C16H12N2O3/c17-16(21)18-13-7-6-11(8-12(13)9-14(18)19)15(20)10-4-2-1-3-5-10/h1-9,19H,(H2,17,21). The lowest BCUT2D eigenvalue weighted by molar-refractivity contribution is 0.103. The van der Waals surface area contributed by atoms with Crippen LogP contribution in [0.15, 0.2) is 54.6 Å². The molecule has 0 spiro atoms. The molecule has 5 heteroatoms. The van der Waals surface area contributed by atoms with Crippen molar-refractivity contribution in [2.75, 3.05) is 0 Å². The topological polar surface area (TPSA) is 85.3 Å². The van der Waals surface area contributed by atoms with E-state index in [-0.39, 0.29) is 11.7 Å². The summed E-state index contributed by atoms with van der Waals surface area (Å²) in [5.41, 5.74) is 6.73. The van der Waals surface area contributed by atoms with Gasteiger partial charge in [0, 0.05) is 22.6 Å². The van der Waals surface area contributed by atoms with Crippen molar-refractivity contribution in [2.45, 2.75) is 0 Å². The van der Waals surface area contributed by atoms with Gasteiger partial charge in [0.15, 0.2) is 11.7 Å². The van der Waals surface area contributed by atoms with Gasteiger partial charge in [0.05, 0.1) is 5.52 Å². The fourth-order valence-electron chi connectivity index (χ4n) is 2.33. The predicted molar refractivity (Wildman–Crippen MR) is 78.5 cm³/mol. The predicted octanol–water partition coefficient (Wildman–Crippen LogP) is 2.50. The molecule has 2 aromatic carbocycles. The van der Waals surface area contributed by atoms with E-state index in [1.807, 2.05) is 6.07 Å². The van der Waals surface area contributed by atoms with Crippen LogP contribution in [-0.4, -0.2) is 21.5 Å². The van der Waals surface area contributed by atoms with E-state index in [0.29, 0.717) is 22.0 Å². The summed E-state index contributed by atoms with van der Waals surface area (Å²) in [4.78, 5) is 23.7. The maximum absolute atomic E-state index is 12.4. The molecule has 3 N–H and O–H groups in total. The Morgan fingerprint density at radius 1 is 0.952 bits per heavy atom. The van der Waals surface area contributed by atoms with Gasteiger partial charge in [-0.2, -0.15) is 0 Å². The number of fused-ring (bicyclic) bond motifs is 1.